The molecule has 0 saturated heterocycles. The van der Waals surface area contributed by atoms with Gasteiger partial charge >= 0.3 is 0 Å². The third-order valence-electron chi connectivity index (χ3n) is 0.715. The maximum Gasteiger partial charge on any atom is 0.268 e. The van der Waals surface area contributed by atoms with Crippen LogP contribution in [0.15, 0.2) is 0 Å². The van der Waals surface area contributed by atoms with E-state index < -0.39 is 18.6 Å². The smallest absolute Gasteiger partial charge is 0.268 e. The molecule has 62 valence electrons. The molecule has 0 spiro atoms. The van der Waals surface area contributed by atoms with Crippen molar-refractivity contribution in [1.82, 2.24) is 0 Å². The lowest BCUT2D eigenvalue weighted by Gasteiger charge is -2.11. The van der Waals surface area contributed by atoms with E-state index in [2.05, 4.69) is 4.74 Å². The summed E-state index contributed by atoms with van der Waals surface area (Å²) in [5, 5.41) is 8.58. The molecule has 1 unspecified atom stereocenters. The van der Waals surface area contributed by atoms with Gasteiger partial charge in [-0.1, -0.05) is 0 Å². The van der Waals surface area contributed by atoms with Crippen molar-refractivity contribution in [3.63, 3.8) is 0 Å². The van der Waals surface area contributed by atoms with Crippen LogP contribution in [0.4, 0.5) is 8.78 Å². The second-order valence-corrected chi connectivity index (χ2v) is 2.43. The van der Waals surface area contributed by atoms with E-state index in [1.54, 1.807) is 0 Å². The van der Waals surface area contributed by atoms with Crippen molar-refractivity contribution in [3.8, 4) is 0 Å². The zero-order valence-electron chi connectivity index (χ0n) is 6.10. The van der Waals surface area contributed by atoms with E-state index in [9.17, 15) is 8.78 Å². The molecule has 0 aliphatic carbocycles. The number of ether oxygens (including phenoxy) is 1. The normalized spacial score (nSPS) is 15.3. The molecule has 0 heterocycles. The predicted octanol–water partition coefficient (Wildman–Crippen LogP) is 1.04. The van der Waals surface area contributed by atoms with Crippen molar-refractivity contribution in [3.05, 3.63) is 0 Å². The van der Waals surface area contributed by atoms with E-state index >= 15 is 0 Å². The highest BCUT2D eigenvalue weighted by atomic mass is 19.3. The molecule has 1 atom stereocenters. The molecule has 10 heavy (non-hydrogen) atoms. The van der Waals surface area contributed by atoms with Gasteiger partial charge in [0.1, 0.15) is 6.61 Å². The van der Waals surface area contributed by atoms with Gasteiger partial charge in [-0.05, 0) is 6.92 Å². The minimum Gasteiger partial charge on any atom is -0.391 e. The van der Waals surface area contributed by atoms with Gasteiger partial charge in [-0.15, -0.1) is 0 Å². The van der Waals surface area contributed by atoms with Crippen molar-refractivity contribution in [2.24, 2.45) is 0 Å². The molecule has 2 nitrogen and oxygen atoms in total. The quantitative estimate of drug-likeness (QED) is 0.655. The summed E-state index contributed by atoms with van der Waals surface area (Å²) in [6.07, 6.45) is -0.678. The lowest BCUT2D eigenvalue weighted by Crippen LogP contribution is -2.22. The molecule has 0 aliphatic heterocycles. The van der Waals surface area contributed by atoms with Crippen molar-refractivity contribution >= 4 is 0 Å². The molecule has 0 fully saturated rings. The van der Waals surface area contributed by atoms with Crippen LogP contribution in [0.3, 0.4) is 0 Å². The lowest BCUT2D eigenvalue weighted by atomic mass is 10.4. The first kappa shape index (κ1) is 9.78. The van der Waals surface area contributed by atoms with Crippen molar-refractivity contribution in [2.45, 2.75) is 25.9 Å². The van der Waals surface area contributed by atoms with Gasteiger partial charge in [-0.25, -0.2) is 8.78 Å². The molecular weight excluding hydrogens is 142 g/mol. The third-order valence-corrected chi connectivity index (χ3v) is 0.715. The Kier molecular flexibility index (Phi) is 3.75. The summed E-state index contributed by atoms with van der Waals surface area (Å²) in [4.78, 5) is 0. The Morgan fingerprint density at radius 2 is 2.10 bits per heavy atom. The van der Waals surface area contributed by atoms with E-state index in [0.717, 1.165) is 6.92 Å². The van der Waals surface area contributed by atoms with Crippen LogP contribution in [0.5, 0.6) is 0 Å². The first-order valence-electron chi connectivity index (χ1n) is 3.05. The Balaban J connectivity index is 3.21. The molecule has 1 N–H and O–H groups in total. The van der Waals surface area contributed by atoms with Gasteiger partial charge in [0.25, 0.3) is 5.92 Å². The monoisotopic (exact) mass is 154 g/mol. The van der Waals surface area contributed by atoms with E-state index in [0.29, 0.717) is 0 Å². The topological polar surface area (TPSA) is 29.5 Å². The van der Waals surface area contributed by atoms with Crippen LogP contribution < -0.4 is 0 Å². The van der Waals surface area contributed by atoms with Crippen LogP contribution in [0, 0.1) is 0 Å². The number of hydrogen-bond acceptors (Lipinski definition) is 2. The maximum absolute atomic E-state index is 12.0. The van der Waals surface area contributed by atoms with Crippen molar-refractivity contribution < 1.29 is 18.6 Å². The standard InChI is InChI=1S/C6H12F2O2/c1-5(9)3-10-4-6(2,7)8/h5,9H,3-4H2,1-2H3. The summed E-state index contributed by atoms with van der Waals surface area (Å²) in [5.41, 5.74) is 0. The van der Waals surface area contributed by atoms with Crippen LogP contribution in [-0.2, 0) is 4.74 Å². The van der Waals surface area contributed by atoms with E-state index in [1.807, 2.05) is 0 Å². The molecule has 0 aromatic carbocycles. The first-order valence-corrected chi connectivity index (χ1v) is 3.05. The summed E-state index contributed by atoms with van der Waals surface area (Å²) < 4.78 is 28.4. The highest BCUT2D eigenvalue weighted by Crippen LogP contribution is 2.10. The summed E-state index contributed by atoms with van der Waals surface area (Å²) >= 11 is 0. The number of hydrogen-bond donors (Lipinski definition) is 1. The van der Waals surface area contributed by atoms with Gasteiger partial charge in [0.2, 0.25) is 0 Å². The highest BCUT2D eigenvalue weighted by molar-refractivity contribution is 4.55. The summed E-state index contributed by atoms with van der Waals surface area (Å²) in [6.45, 7) is 1.59. The molecule has 0 saturated carbocycles. The lowest BCUT2D eigenvalue weighted by molar-refractivity contribution is -0.0767. The van der Waals surface area contributed by atoms with Gasteiger partial charge in [0.05, 0.1) is 12.7 Å². The predicted molar refractivity (Wildman–Crippen MR) is 33.1 cm³/mol. The zero-order chi connectivity index (χ0) is 8.20. The summed E-state index contributed by atoms with van der Waals surface area (Å²) in [7, 11) is 0. The van der Waals surface area contributed by atoms with Crippen LogP contribution in [0.2, 0.25) is 0 Å². The molecular formula is C6H12F2O2. The Morgan fingerprint density at radius 1 is 1.60 bits per heavy atom. The Bertz CT molecular complexity index is 88.2. The van der Waals surface area contributed by atoms with Gasteiger partial charge in [-0.2, -0.15) is 0 Å². The largest absolute Gasteiger partial charge is 0.391 e. The van der Waals surface area contributed by atoms with Gasteiger partial charge in [0.15, 0.2) is 0 Å². The number of rotatable bonds is 4. The average Bonchev–Trinajstić information content (AvgIpc) is 1.59. The summed E-state index contributed by atoms with van der Waals surface area (Å²) in [6, 6.07) is 0. The number of aliphatic hydroxyl groups excluding tert-OH is 1. The second kappa shape index (κ2) is 3.83. The fraction of sp³-hybridized carbons (Fsp3) is 1.00. The van der Waals surface area contributed by atoms with Crippen LogP contribution in [0.25, 0.3) is 0 Å². The fourth-order valence-electron chi connectivity index (χ4n) is 0.409. The Labute approximate surface area is 58.8 Å². The zero-order valence-corrected chi connectivity index (χ0v) is 6.10. The Hall–Kier alpha value is -0.220. The van der Waals surface area contributed by atoms with Gasteiger partial charge in [-0.3, -0.25) is 0 Å². The van der Waals surface area contributed by atoms with Crippen molar-refractivity contribution in [1.29, 1.82) is 0 Å². The molecule has 0 radical (unpaired) electrons. The van der Waals surface area contributed by atoms with Gasteiger partial charge in [0, 0.05) is 6.92 Å². The van der Waals surface area contributed by atoms with Crippen molar-refractivity contribution in [2.75, 3.05) is 13.2 Å². The molecule has 0 aliphatic rings. The van der Waals surface area contributed by atoms with E-state index in [4.69, 9.17) is 5.11 Å². The number of aliphatic hydroxyl groups is 1. The van der Waals surface area contributed by atoms with Crippen LogP contribution in [0.1, 0.15) is 13.8 Å². The number of alkyl halides is 2. The third kappa shape index (κ3) is 7.78. The molecule has 4 heteroatoms. The first-order chi connectivity index (χ1) is 4.42. The van der Waals surface area contributed by atoms with Crippen LogP contribution >= 0.6 is 0 Å². The SMILES string of the molecule is CC(O)COCC(C)(F)F. The minimum atomic E-state index is -2.80. The maximum atomic E-state index is 12.0. The molecule has 0 aromatic rings. The fourth-order valence-corrected chi connectivity index (χ4v) is 0.409. The summed E-state index contributed by atoms with van der Waals surface area (Å²) in [5.74, 6) is -2.80. The molecule has 0 amide bonds. The van der Waals surface area contributed by atoms with E-state index in [1.165, 1.54) is 6.92 Å². The van der Waals surface area contributed by atoms with Crippen LogP contribution in [-0.4, -0.2) is 30.3 Å². The number of halogens is 2. The molecule has 0 bridgehead atoms. The second-order valence-electron chi connectivity index (χ2n) is 2.43. The van der Waals surface area contributed by atoms with E-state index in [-0.39, 0.29) is 6.61 Å². The molecule has 0 aromatic heterocycles. The highest BCUT2D eigenvalue weighted by Gasteiger charge is 2.20. The molecule has 0 rings (SSSR count). The Morgan fingerprint density at radius 3 is 2.40 bits per heavy atom. The average molecular weight is 154 g/mol. The minimum absolute atomic E-state index is 0.0383. The van der Waals surface area contributed by atoms with Gasteiger partial charge < -0.3 is 9.84 Å².